The van der Waals surface area contributed by atoms with Crippen molar-refractivity contribution >= 4 is 21.6 Å². The second-order valence-corrected chi connectivity index (χ2v) is 10.5. The predicted octanol–water partition coefficient (Wildman–Crippen LogP) is 3.28. The minimum atomic E-state index is -3.35. The number of hydrogen-bond donors (Lipinski definition) is 1. The van der Waals surface area contributed by atoms with Gasteiger partial charge in [0.05, 0.1) is 25.1 Å². The van der Waals surface area contributed by atoms with Gasteiger partial charge in [-0.1, -0.05) is 0 Å². The van der Waals surface area contributed by atoms with Gasteiger partial charge in [-0.15, -0.1) is 0 Å². The number of amides is 1. The molecule has 174 valence electrons. The fourth-order valence-corrected chi connectivity index (χ4v) is 4.07. The van der Waals surface area contributed by atoms with E-state index in [1.54, 1.807) is 38.3 Å². The third kappa shape index (κ3) is 5.45. The van der Waals surface area contributed by atoms with Gasteiger partial charge in [0.2, 0.25) is 10.0 Å². The zero-order chi connectivity index (χ0) is 23.7. The maximum atomic E-state index is 12.9. The molecule has 2 aromatic carbocycles. The van der Waals surface area contributed by atoms with Crippen molar-refractivity contribution in [2.24, 2.45) is 0 Å². The molecule has 2 atom stereocenters. The topological polar surface area (TPSA) is 94.2 Å². The SMILES string of the molecule is COc1ccc2c(c1)[C@H](NC(=O)[C@@H](C)Oc1ccc(N(C)S(C)(=O)=O)cc1)CC(C)(C)O2. The molecule has 32 heavy (non-hydrogen) atoms. The number of carbonyl (C=O) groups is 1. The van der Waals surface area contributed by atoms with Crippen LogP contribution in [0.3, 0.4) is 0 Å². The zero-order valence-corrected chi connectivity index (χ0v) is 20.0. The molecule has 8 nitrogen and oxygen atoms in total. The van der Waals surface area contributed by atoms with E-state index in [0.717, 1.165) is 11.8 Å². The Balaban J connectivity index is 1.71. The second-order valence-electron chi connectivity index (χ2n) is 8.52. The number of hydrogen-bond acceptors (Lipinski definition) is 6. The van der Waals surface area contributed by atoms with Gasteiger partial charge in [-0.25, -0.2) is 8.42 Å². The van der Waals surface area contributed by atoms with Crippen LogP contribution in [0.2, 0.25) is 0 Å². The molecular weight excluding hydrogens is 432 g/mol. The lowest BCUT2D eigenvalue weighted by Gasteiger charge is -2.38. The van der Waals surface area contributed by atoms with Gasteiger partial charge in [0, 0.05) is 19.0 Å². The molecule has 3 rings (SSSR count). The second kappa shape index (κ2) is 8.90. The van der Waals surface area contributed by atoms with Gasteiger partial charge in [-0.05, 0) is 63.2 Å². The summed E-state index contributed by atoms with van der Waals surface area (Å²) in [5.41, 5.74) is 0.926. The molecule has 0 aliphatic carbocycles. The summed E-state index contributed by atoms with van der Waals surface area (Å²) in [6.07, 6.45) is 0.973. The van der Waals surface area contributed by atoms with Crippen LogP contribution in [0, 0.1) is 0 Å². The molecule has 1 aliphatic rings. The highest BCUT2D eigenvalue weighted by Gasteiger charge is 2.35. The molecule has 0 saturated carbocycles. The molecule has 0 aromatic heterocycles. The summed E-state index contributed by atoms with van der Waals surface area (Å²) in [4.78, 5) is 12.9. The Labute approximate surface area is 189 Å². The van der Waals surface area contributed by atoms with E-state index >= 15 is 0 Å². The van der Waals surface area contributed by atoms with Gasteiger partial charge >= 0.3 is 0 Å². The first-order valence-corrected chi connectivity index (χ1v) is 12.1. The largest absolute Gasteiger partial charge is 0.497 e. The van der Waals surface area contributed by atoms with E-state index in [1.165, 1.54) is 11.4 Å². The monoisotopic (exact) mass is 462 g/mol. The Morgan fingerprint density at radius 2 is 1.81 bits per heavy atom. The van der Waals surface area contributed by atoms with Gasteiger partial charge < -0.3 is 19.5 Å². The van der Waals surface area contributed by atoms with Crippen molar-refractivity contribution in [1.29, 1.82) is 0 Å². The quantitative estimate of drug-likeness (QED) is 0.679. The first-order valence-electron chi connectivity index (χ1n) is 10.3. The molecule has 0 radical (unpaired) electrons. The molecule has 1 heterocycles. The number of anilines is 1. The number of sulfonamides is 1. The molecule has 1 N–H and O–H groups in total. The molecule has 9 heteroatoms. The Hall–Kier alpha value is -2.94. The van der Waals surface area contributed by atoms with Gasteiger partial charge in [0.1, 0.15) is 22.8 Å². The van der Waals surface area contributed by atoms with Crippen molar-refractivity contribution in [1.82, 2.24) is 5.32 Å². The summed E-state index contributed by atoms with van der Waals surface area (Å²) >= 11 is 0. The summed E-state index contributed by atoms with van der Waals surface area (Å²) in [7, 11) is -0.281. The van der Waals surface area contributed by atoms with E-state index in [-0.39, 0.29) is 11.9 Å². The highest BCUT2D eigenvalue weighted by Crippen LogP contribution is 2.41. The predicted molar refractivity (Wildman–Crippen MR) is 123 cm³/mol. The normalized spacial score (nSPS) is 18.0. The molecule has 0 spiro atoms. The van der Waals surface area contributed by atoms with E-state index in [1.807, 2.05) is 32.0 Å². The van der Waals surface area contributed by atoms with E-state index in [0.29, 0.717) is 29.4 Å². The summed E-state index contributed by atoms with van der Waals surface area (Å²) in [6, 6.07) is 11.8. The summed E-state index contributed by atoms with van der Waals surface area (Å²) in [5.74, 6) is 1.60. The maximum Gasteiger partial charge on any atom is 0.261 e. The van der Waals surface area contributed by atoms with E-state index in [2.05, 4.69) is 5.32 Å². The van der Waals surface area contributed by atoms with E-state index in [9.17, 15) is 13.2 Å². The number of ether oxygens (including phenoxy) is 3. The average molecular weight is 463 g/mol. The van der Waals surface area contributed by atoms with Crippen LogP contribution in [-0.2, 0) is 14.8 Å². The summed E-state index contributed by atoms with van der Waals surface area (Å²) in [6.45, 7) is 5.63. The van der Waals surface area contributed by atoms with Crippen LogP contribution in [0.25, 0.3) is 0 Å². The minimum Gasteiger partial charge on any atom is -0.497 e. The van der Waals surface area contributed by atoms with Crippen molar-refractivity contribution < 1.29 is 27.4 Å². The minimum absolute atomic E-state index is 0.256. The Bertz CT molecular complexity index is 1080. The van der Waals surface area contributed by atoms with Crippen LogP contribution in [0.1, 0.15) is 38.8 Å². The first-order chi connectivity index (χ1) is 14.9. The Kier molecular flexibility index (Phi) is 6.59. The van der Waals surface area contributed by atoms with Gasteiger partial charge in [0.25, 0.3) is 5.91 Å². The molecular formula is C23H30N2O6S. The van der Waals surface area contributed by atoms with Crippen LogP contribution in [0.15, 0.2) is 42.5 Å². The van der Waals surface area contributed by atoms with Crippen molar-refractivity contribution in [3.05, 3.63) is 48.0 Å². The number of methoxy groups -OCH3 is 1. The number of nitrogens with one attached hydrogen (secondary N) is 1. The van der Waals surface area contributed by atoms with Gasteiger partial charge in [-0.3, -0.25) is 9.10 Å². The first kappa shape index (κ1) is 23.7. The molecule has 0 bridgehead atoms. The number of fused-ring (bicyclic) bond motifs is 1. The van der Waals surface area contributed by atoms with Crippen LogP contribution >= 0.6 is 0 Å². The lowest BCUT2D eigenvalue weighted by Crippen LogP contribution is -2.44. The summed E-state index contributed by atoms with van der Waals surface area (Å²) in [5, 5.41) is 3.06. The lowest BCUT2D eigenvalue weighted by molar-refractivity contribution is -0.128. The molecule has 0 saturated heterocycles. The van der Waals surface area contributed by atoms with Crippen molar-refractivity contribution in [3.8, 4) is 17.2 Å². The third-order valence-corrected chi connectivity index (χ3v) is 6.58. The fourth-order valence-electron chi connectivity index (χ4n) is 3.56. The van der Waals surface area contributed by atoms with Crippen LogP contribution < -0.4 is 23.8 Å². The third-order valence-electron chi connectivity index (χ3n) is 5.37. The van der Waals surface area contributed by atoms with E-state index < -0.39 is 21.7 Å². The number of benzene rings is 2. The van der Waals surface area contributed by atoms with Crippen molar-refractivity contribution in [3.63, 3.8) is 0 Å². The molecule has 2 aromatic rings. The molecule has 1 amide bonds. The molecule has 1 aliphatic heterocycles. The number of nitrogens with zero attached hydrogens (tertiary/aromatic N) is 1. The van der Waals surface area contributed by atoms with E-state index in [4.69, 9.17) is 14.2 Å². The summed E-state index contributed by atoms with van der Waals surface area (Å²) < 4.78 is 41.7. The number of rotatable bonds is 7. The lowest BCUT2D eigenvalue weighted by atomic mass is 9.89. The number of carbonyl (C=O) groups excluding carboxylic acids is 1. The van der Waals surface area contributed by atoms with Gasteiger partial charge in [0.15, 0.2) is 6.10 Å². The standard InChI is InChI=1S/C23H30N2O6S/c1-15(30-17-9-7-16(8-10-17)25(4)32(6,27)28)22(26)24-20-14-23(2,3)31-21-12-11-18(29-5)13-19(20)21/h7-13,15,20H,14H2,1-6H3,(H,24,26)/t15-,20-/m1/s1. The van der Waals surface area contributed by atoms with Gasteiger partial charge in [-0.2, -0.15) is 0 Å². The van der Waals surface area contributed by atoms with Crippen LogP contribution in [0.4, 0.5) is 5.69 Å². The van der Waals surface area contributed by atoms with Crippen molar-refractivity contribution in [2.75, 3.05) is 24.7 Å². The molecule has 0 unspecified atom stereocenters. The Morgan fingerprint density at radius 3 is 2.41 bits per heavy atom. The average Bonchev–Trinajstić information content (AvgIpc) is 2.72. The zero-order valence-electron chi connectivity index (χ0n) is 19.2. The highest BCUT2D eigenvalue weighted by molar-refractivity contribution is 7.92. The van der Waals surface area contributed by atoms with Crippen LogP contribution in [-0.4, -0.2) is 46.4 Å². The molecule has 0 fully saturated rings. The van der Waals surface area contributed by atoms with Crippen LogP contribution in [0.5, 0.6) is 17.2 Å². The fraction of sp³-hybridized carbons (Fsp3) is 0.435. The Morgan fingerprint density at radius 1 is 1.19 bits per heavy atom. The smallest absolute Gasteiger partial charge is 0.261 e. The maximum absolute atomic E-state index is 12.9. The highest BCUT2D eigenvalue weighted by atomic mass is 32.2. The van der Waals surface area contributed by atoms with Crippen molar-refractivity contribution in [2.45, 2.75) is 44.9 Å².